The number of hydrogen-bond acceptors (Lipinski definition) is 4. The molecule has 1 N–H and O–H groups in total. The van der Waals surface area contributed by atoms with Crippen molar-refractivity contribution in [3.8, 4) is 11.5 Å². The van der Waals surface area contributed by atoms with Crippen molar-refractivity contribution in [2.75, 3.05) is 20.8 Å². The van der Waals surface area contributed by atoms with Gasteiger partial charge in [-0.1, -0.05) is 24.3 Å². The summed E-state index contributed by atoms with van der Waals surface area (Å²) < 4.78 is 10.8. The molecule has 0 fully saturated rings. The zero-order valence-corrected chi connectivity index (χ0v) is 18.3. The minimum Gasteiger partial charge on any atom is -0.493 e. The average molecular weight is 411 g/mol. The summed E-state index contributed by atoms with van der Waals surface area (Å²) in [5, 5.41) is 3.09. The fourth-order valence-corrected chi connectivity index (χ4v) is 4.27. The lowest BCUT2D eigenvalue weighted by Gasteiger charge is -2.36. The highest BCUT2D eigenvalue weighted by molar-refractivity contribution is 5.80. The summed E-state index contributed by atoms with van der Waals surface area (Å²) in [6.45, 7) is 6.13. The predicted octanol–water partition coefficient (Wildman–Crippen LogP) is 3.73. The van der Waals surface area contributed by atoms with E-state index in [0.29, 0.717) is 18.0 Å². The maximum absolute atomic E-state index is 13.0. The second kappa shape index (κ2) is 9.20. The number of carbonyl (C=O) groups is 2. The molecule has 2 unspecified atom stereocenters. The Bertz CT molecular complexity index is 941. The van der Waals surface area contributed by atoms with Crippen LogP contribution in [-0.4, -0.2) is 37.5 Å². The second-order valence-corrected chi connectivity index (χ2v) is 7.73. The largest absolute Gasteiger partial charge is 0.493 e. The van der Waals surface area contributed by atoms with E-state index < -0.39 is 0 Å². The van der Waals surface area contributed by atoms with E-state index >= 15 is 0 Å². The van der Waals surface area contributed by atoms with Gasteiger partial charge in [-0.3, -0.25) is 9.59 Å². The zero-order chi connectivity index (χ0) is 21.8. The van der Waals surface area contributed by atoms with Gasteiger partial charge in [0.1, 0.15) is 0 Å². The summed E-state index contributed by atoms with van der Waals surface area (Å²) in [6.07, 6.45) is 1.04. The summed E-state index contributed by atoms with van der Waals surface area (Å²) in [5.41, 5.74) is 4.24. The van der Waals surface area contributed by atoms with E-state index in [1.54, 1.807) is 26.0 Å². The number of ether oxygens (including phenoxy) is 2. The number of nitrogens with zero attached hydrogens (tertiary/aromatic N) is 1. The highest BCUT2D eigenvalue weighted by Crippen LogP contribution is 2.34. The third-order valence-electron chi connectivity index (χ3n) is 5.81. The van der Waals surface area contributed by atoms with Gasteiger partial charge in [-0.15, -0.1) is 0 Å². The first-order valence-corrected chi connectivity index (χ1v) is 10.2. The van der Waals surface area contributed by atoms with Gasteiger partial charge in [0.2, 0.25) is 11.8 Å². The molecule has 0 radical (unpaired) electrons. The first-order chi connectivity index (χ1) is 14.3. The van der Waals surface area contributed by atoms with Crippen molar-refractivity contribution >= 4 is 11.8 Å². The third-order valence-corrected chi connectivity index (χ3v) is 5.81. The van der Waals surface area contributed by atoms with E-state index in [9.17, 15) is 9.59 Å². The maximum Gasteiger partial charge on any atom is 0.222 e. The number of nitrogens with one attached hydrogen (secondary N) is 1. The number of rotatable bonds is 6. The molecule has 0 aromatic heterocycles. The molecule has 1 aliphatic heterocycles. The first kappa shape index (κ1) is 21.7. The summed E-state index contributed by atoms with van der Waals surface area (Å²) in [5.74, 6) is 1.19. The summed E-state index contributed by atoms with van der Waals surface area (Å²) in [7, 11) is 3.20. The van der Waals surface area contributed by atoms with Crippen molar-refractivity contribution in [3.05, 3.63) is 58.7 Å². The molecule has 30 heavy (non-hydrogen) atoms. The number of carbonyl (C=O) groups excluding carboxylic acids is 2. The van der Waals surface area contributed by atoms with Crippen LogP contribution in [0.2, 0.25) is 0 Å². The standard InChI is InChI=1S/C24H30N2O4/c1-15-12-22(29-4)23(30-5)13-20(15)16(2)25-24(28)14-21-19-9-7-6-8-18(19)10-11-26(21)17(3)27/h6-9,12-13,16,21H,10-11,14H2,1-5H3,(H,25,28). The van der Waals surface area contributed by atoms with Crippen LogP contribution in [0, 0.1) is 6.92 Å². The van der Waals surface area contributed by atoms with Gasteiger partial charge in [-0.2, -0.15) is 0 Å². The Morgan fingerprint density at radius 2 is 1.83 bits per heavy atom. The molecule has 1 aliphatic rings. The van der Waals surface area contributed by atoms with Crippen LogP contribution >= 0.6 is 0 Å². The van der Waals surface area contributed by atoms with Gasteiger partial charge in [0, 0.05) is 13.5 Å². The van der Waals surface area contributed by atoms with Crippen molar-refractivity contribution in [2.45, 2.75) is 45.7 Å². The highest BCUT2D eigenvalue weighted by atomic mass is 16.5. The van der Waals surface area contributed by atoms with Gasteiger partial charge >= 0.3 is 0 Å². The van der Waals surface area contributed by atoms with Crippen LogP contribution in [0.25, 0.3) is 0 Å². The Morgan fingerprint density at radius 1 is 1.17 bits per heavy atom. The Labute approximate surface area is 178 Å². The lowest BCUT2D eigenvalue weighted by molar-refractivity contribution is -0.133. The number of benzene rings is 2. The second-order valence-electron chi connectivity index (χ2n) is 7.73. The normalized spacial score (nSPS) is 16.4. The number of methoxy groups -OCH3 is 2. The van der Waals surface area contributed by atoms with E-state index in [1.807, 2.05) is 44.2 Å². The molecule has 2 atom stereocenters. The molecule has 0 saturated heterocycles. The summed E-state index contributed by atoms with van der Waals surface area (Å²) >= 11 is 0. The van der Waals surface area contributed by atoms with Crippen LogP contribution < -0.4 is 14.8 Å². The van der Waals surface area contributed by atoms with Gasteiger partial charge < -0.3 is 19.7 Å². The minimum absolute atomic E-state index is 0.00825. The smallest absolute Gasteiger partial charge is 0.222 e. The highest BCUT2D eigenvalue weighted by Gasteiger charge is 2.31. The summed E-state index contributed by atoms with van der Waals surface area (Å²) in [4.78, 5) is 26.9. The van der Waals surface area contributed by atoms with Crippen molar-refractivity contribution in [1.82, 2.24) is 10.2 Å². The Morgan fingerprint density at radius 3 is 2.50 bits per heavy atom. The van der Waals surface area contributed by atoms with Crippen molar-refractivity contribution in [1.29, 1.82) is 0 Å². The van der Waals surface area contributed by atoms with Gasteiger partial charge in [-0.05, 0) is 54.7 Å². The van der Waals surface area contributed by atoms with Gasteiger partial charge in [0.25, 0.3) is 0 Å². The monoisotopic (exact) mass is 410 g/mol. The molecule has 1 heterocycles. The van der Waals surface area contributed by atoms with Crippen LogP contribution in [0.3, 0.4) is 0 Å². The minimum atomic E-state index is -0.244. The SMILES string of the molecule is COc1cc(C)c(C(C)NC(=O)CC2c3ccccc3CCN2C(C)=O)cc1OC. The van der Waals surface area contributed by atoms with E-state index in [-0.39, 0.29) is 30.3 Å². The van der Waals surface area contributed by atoms with Crippen molar-refractivity contribution < 1.29 is 19.1 Å². The summed E-state index contributed by atoms with van der Waals surface area (Å²) in [6, 6.07) is 11.4. The van der Waals surface area contributed by atoms with Crippen LogP contribution in [0.1, 0.15) is 54.6 Å². The van der Waals surface area contributed by atoms with Crippen molar-refractivity contribution in [2.24, 2.45) is 0 Å². The molecular formula is C24H30N2O4. The molecule has 160 valence electrons. The number of aryl methyl sites for hydroxylation is 1. The topological polar surface area (TPSA) is 67.9 Å². The van der Waals surface area contributed by atoms with Crippen LogP contribution in [0.5, 0.6) is 11.5 Å². The molecule has 2 amide bonds. The lowest BCUT2D eigenvalue weighted by atomic mass is 9.90. The van der Waals surface area contributed by atoms with Gasteiger partial charge in [-0.25, -0.2) is 0 Å². The fraction of sp³-hybridized carbons (Fsp3) is 0.417. The maximum atomic E-state index is 13.0. The molecule has 0 aliphatic carbocycles. The lowest BCUT2D eigenvalue weighted by Crippen LogP contribution is -2.41. The first-order valence-electron chi connectivity index (χ1n) is 10.2. The molecule has 3 rings (SSSR count). The number of amides is 2. The molecule has 2 aromatic rings. The number of hydrogen-bond donors (Lipinski definition) is 1. The van der Waals surface area contributed by atoms with Crippen molar-refractivity contribution in [3.63, 3.8) is 0 Å². The van der Waals surface area contributed by atoms with E-state index in [4.69, 9.17) is 9.47 Å². The predicted molar refractivity (Wildman–Crippen MR) is 116 cm³/mol. The van der Waals surface area contributed by atoms with Gasteiger partial charge in [0.05, 0.1) is 32.7 Å². The van der Waals surface area contributed by atoms with E-state index in [0.717, 1.165) is 23.1 Å². The molecule has 6 nitrogen and oxygen atoms in total. The average Bonchev–Trinajstić information content (AvgIpc) is 2.73. The molecule has 0 saturated carbocycles. The van der Waals surface area contributed by atoms with Crippen LogP contribution in [0.4, 0.5) is 0 Å². The molecule has 2 aromatic carbocycles. The molecule has 6 heteroatoms. The van der Waals surface area contributed by atoms with Gasteiger partial charge in [0.15, 0.2) is 11.5 Å². The molecule has 0 spiro atoms. The van der Waals surface area contributed by atoms with E-state index in [2.05, 4.69) is 11.4 Å². The Hall–Kier alpha value is -3.02. The van der Waals surface area contributed by atoms with E-state index in [1.165, 1.54) is 5.56 Å². The van der Waals surface area contributed by atoms with Crippen LogP contribution in [0.15, 0.2) is 36.4 Å². The molecule has 0 bridgehead atoms. The quantitative estimate of drug-likeness (QED) is 0.788. The van der Waals surface area contributed by atoms with Crippen LogP contribution in [-0.2, 0) is 16.0 Å². The zero-order valence-electron chi connectivity index (χ0n) is 18.3. The fourth-order valence-electron chi connectivity index (χ4n) is 4.27. The Kier molecular flexibility index (Phi) is 6.65. The molecular weight excluding hydrogens is 380 g/mol. The third kappa shape index (κ3) is 4.42. The number of fused-ring (bicyclic) bond motifs is 1. The Balaban J connectivity index is 1.78.